The Hall–Kier alpha value is -0.600. The fraction of sp³-hybridized carbons (Fsp3) is 0.667. The second kappa shape index (κ2) is 6.03. The largest absolute Gasteiger partial charge is 0.325 e. The standard InChI is InChI=1S/C15H23ClN2/c1-2-3-12-4-7-15(17,8-5-12)10-13-6-9-18-11-14(13)16/h6,9,11-12H,2-5,7-8,10,17H2,1H3. The van der Waals surface area contributed by atoms with Crippen molar-refractivity contribution in [2.45, 2.75) is 57.4 Å². The molecule has 2 nitrogen and oxygen atoms in total. The zero-order valence-corrected chi connectivity index (χ0v) is 11.9. The Labute approximate surface area is 115 Å². The molecular formula is C15H23ClN2. The van der Waals surface area contributed by atoms with E-state index in [9.17, 15) is 0 Å². The minimum Gasteiger partial charge on any atom is -0.325 e. The summed E-state index contributed by atoms with van der Waals surface area (Å²) in [6.07, 6.45) is 11.8. The van der Waals surface area contributed by atoms with Crippen molar-refractivity contribution in [3.05, 3.63) is 29.0 Å². The Morgan fingerprint density at radius 2 is 2.17 bits per heavy atom. The van der Waals surface area contributed by atoms with Crippen LogP contribution in [0.25, 0.3) is 0 Å². The van der Waals surface area contributed by atoms with Crippen molar-refractivity contribution in [1.82, 2.24) is 4.98 Å². The van der Waals surface area contributed by atoms with Gasteiger partial charge >= 0.3 is 0 Å². The molecule has 0 unspecified atom stereocenters. The van der Waals surface area contributed by atoms with Gasteiger partial charge in [0.25, 0.3) is 0 Å². The lowest BCUT2D eigenvalue weighted by Crippen LogP contribution is -2.45. The van der Waals surface area contributed by atoms with Gasteiger partial charge in [-0.1, -0.05) is 31.4 Å². The minimum absolute atomic E-state index is 0.0603. The van der Waals surface area contributed by atoms with E-state index < -0.39 is 0 Å². The third-order valence-corrected chi connectivity index (χ3v) is 4.54. The van der Waals surface area contributed by atoms with Gasteiger partial charge in [0.1, 0.15) is 0 Å². The van der Waals surface area contributed by atoms with E-state index in [4.69, 9.17) is 17.3 Å². The zero-order chi connectivity index (χ0) is 13.0. The molecule has 100 valence electrons. The summed E-state index contributed by atoms with van der Waals surface area (Å²) < 4.78 is 0. The van der Waals surface area contributed by atoms with Crippen LogP contribution in [-0.2, 0) is 6.42 Å². The van der Waals surface area contributed by atoms with E-state index in [0.29, 0.717) is 0 Å². The van der Waals surface area contributed by atoms with E-state index in [1.165, 1.54) is 25.7 Å². The highest BCUT2D eigenvalue weighted by atomic mass is 35.5. The van der Waals surface area contributed by atoms with Gasteiger partial charge in [-0.25, -0.2) is 0 Å². The molecule has 0 radical (unpaired) electrons. The van der Waals surface area contributed by atoms with Crippen molar-refractivity contribution in [3.8, 4) is 0 Å². The van der Waals surface area contributed by atoms with Crippen LogP contribution in [0.5, 0.6) is 0 Å². The summed E-state index contributed by atoms with van der Waals surface area (Å²) in [5.41, 5.74) is 7.62. The smallest absolute Gasteiger partial charge is 0.0621 e. The molecular weight excluding hydrogens is 244 g/mol. The number of hydrogen-bond donors (Lipinski definition) is 1. The topological polar surface area (TPSA) is 38.9 Å². The molecule has 1 fully saturated rings. The molecule has 0 saturated heterocycles. The predicted molar refractivity (Wildman–Crippen MR) is 76.7 cm³/mol. The minimum atomic E-state index is -0.0603. The molecule has 0 amide bonds. The Kier molecular flexibility index (Phi) is 4.63. The molecule has 0 atom stereocenters. The number of hydrogen-bond acceptors (Lipinski definition) is 2. The SMILES string of the molecule is CCCC1CCC(N)(Cc2ccncc2Cl)CC1. The Morgan fingerprint density at radius 1 is 1.44 bits per heavy atom. The highest BCUT2D eigenvalue weighted by Gasteiger charge is 2.31. The van der Waals surface area contributed by atoms with Gasteiger partial charge in [0, 0.05) is 17.9 Å². The van der Waals surface area contributed by atoms with Gasteiger partial charge < -0.3 is 5.73 Å². The van der Waals surface area contributed by atoms with Crippen LogP contribution in [0.15, 0.2) is 18.5 Å². The quantitative estimate of drug-likeness (QED) is 0.896. The van der Waals surface area contributed by atoms with Gasteiger partial charge in [-0.05, 0) is 49.7 Å². The summed E-state index contributed by atoms with van der Waals surface area (Å²) >= 11 is 6.17. The van der Waals surface area contributed by atoms with E-state index in [-0.39, 0.29) is 5.54 Å². The lowest BCUT2D eigenvalue weighted by atomic mass is 9.73. The average Bonchev–Trinajstić information content (AvgIpc) is 2.36. The Morgan fingerprint density at radius 3 is 2.78 bits per heavy atom. The lowest BCUT2D eigenvalue weighted by Gasteiger charge is -2.37. The van der Waals surface area contributed by atoms with Gasteiger partial charge in [-0.3, -0.25) is 4.98 Å². The first-order chi connectivity index (χ1) is 8.63. The van der Waals surface area contributed by atoms with Crippen molar-refractivity contribution in [2.24, 2.45) is 11.7 Å². The molecule has 18 heavy (non-hydrogen) atoms. The first kappa shape index (κ1) is 13.8. The summed E-state index contributed by atoms with van der Waals surface area (Å²) in [6, 6.07) is 2.00. The number of pyridine rings is 1. The van der Waals surface area contributed by atoms with Crippen molar-refractivity contribution < 1.29 is 0 Å². The van der Waals surface area contributed by atoms with Crippen LogP contribution in [0.1, 0.15) is 51.0 Å². The van der Waals surface area contributed by atoms with Crippen LogP contribution in [0.2, 0.25) is 5.02 Å². The monoisotopic (exact) mass is 266 g/mol. The highest BCUT2D eigenvalue weighted by molar-refractivity contribution is 6.31. The van der Waals surface area contributed by atoms with E-state index in [2.05, 4.69) is 11.9 Å². The number of nitrogens with two attached hydrogens (primary N) is 1. The van der Waals surface area contributed by atoms with Gasteiger partial charge in [-0.15, -0.1) is 0 Å². The van der Waals surface area contributed by atoms with Crippen LogP contribution in [-0.4, -0.2) is 10.5 Å². The normalized spacial score (nSPS) is 28.3. The molecule has 2 rings (SSSR count). The maximum atomic E-state index is 6.54. The van der Waals surface area contributed by atoms with Crippen molar-refractivity contribution >= 4 is 11.6 Å². The van der Waals surface area contributed by atoms with Gasteiger partial charge in [0.05, 0.1) is 5.02 Å². The van der Waals surface area contributed by atoms with Crippen molar-refractivity contribution in [1.29, 1.82) is 0 Å². The van der Waals surface area contributed by atoms with Crippen LogP contribution in [0.4, 0.5) is 0 Å². The first-order valence-electron chi connectivity index (χ1n) is 7.00. The number of halogens is 1. The molecule has 0 bridgehead atoms. The summed E-state index contributed by atoms with van der Waals surface area (Å²) in [5, 5.41) is 0.748. The van der Waals surface area contributed by atoms with Crippen molar-refractivity contribution in [2.75, 3.05) is 0 Å². The number of aromatic nitrogens is 1. The Bertz CT molecular complexity index is 384. The average molecular weight is 267 g/mol. The molecule has 0 spiro atoms. The van der Waals surface area contributed by atoms with Crippen LogP contribution < -0.4 is 5.73 Å². The first-order valence-corrected chi connectivity index (χ1v) is 7.38. The van der Waals surface area contributed by atoms with Crippen LogP contribution in [0.3, 0.4) is 0 Å². The molecule has 1 aromatic rings. The van der Waals surface area contributed by atoms with Gasteiger partial charge in [0.2, 0.25) is 0 Å². The van der Waals surface area contributed by atoms with E-state index in [1.807, 2.05) is 6.07 Å². The molecule has 1 saturated carbocycles. The summed E-state index contributed by atoms with van der Waals surface area (Å²) in [6.45, 7) is 2.26. The second-order valence-electron chi connectivity index (χ2n) is 5.74. The third kappa shape index (κ3) is 3.46. The predicted octanol–water partition coefficient (Wildman–Crippen LogP) is 3.97. The van der Waals surface area contributed by atoms with Gasteiger partial charge in [0.15, 0.2) is 0 Å². The molecule has 1 aliphatic rings. The maximum absolute atomic E-state index is 6.54. The second-order valence-corrected chi connectivity index (χ2v) is 6.15. The van der Waals surface area contributed by atoms with E-state index >= 15 is 0 Å². The fourth-order valence-corrected chi connectivity index (χ4v) is 3.24. The summed E-state index contributed by atoms with van der Waals surface area (Å²) in [7, 11) is 0. The molecule has 1 heterocycles. The molecule has 1 aromatic heterocycles. The zero-order valence-electron chi connectivity index (χ0n) is 11.2. The number of nitrogens with zero attached hydrogens (tertiary/aromatic N) is 1. The van der Waals surface area contributed by atoms with E-state index in [1.54, 1.807) is 12.4 Å². The van der Waals surface area contributed by atoms with Crippen LogP contribution in [0, 0.1) is 5.92 Å². The number of rotatable bonds is 4. The highest BCUT2D eigenvalue weighted by Crippen LogP contribution is 2.35. The molecule has 1 aliphatic carbocycles. The molecule has 0 aromatic carbocycles. The lowest BCUT2D eigenvalue weighted by molar-refractivity contribution is 0.223. The van der Waals surface area contributed by atoms with E-state index in [0.717, 1.165) is 35.8 Å². The maximum Gasteiger partial charge on any atom is 0.0621 e. The van der Waals surface area contributed by atoms with Crippen molar-refractivity contribution in [3.63, 3.8) is 0 Å². The summed E-state index contributed by atoms with van der Waals surface area (Å²) in [4.78, 5) is 4.02. The fourth-order valence-electron chi connectivity index (χ4n) is 3.05. The third-order valence-electron chi connectivity index (χ3n) is 4.20. The molecule has 0 aliphatic heterocycles. The van der Waals surface area contributed by atoms with Crippen LogP contribution >= 0.6 is 11.6 Å². The Balaban J connectivity index is 1.96. The molecule has 3 heteroatoms. The molecule has 2 N–H and O–H groups in total. The van der Waals surface area contributed by atoms with Gasteiger partial charge in [-0.2, -0.15) is 0 Å². The summed E-state index contributed by atoms with van der Waals surface area (Å²) in [5.74, 6) is 0.889.